The van der Waals surface area contributed by atoms with Crippen LogP contribution in [-0.2, 0) is 11.2 Å². The highest BCUT2D eigenvalue weighted by Crippen LogP contribution is 2.17. The van der Waals surface area contributed by atoms with E-state index in [0.717, 1.165) is 23.2 Å². The van der Waals surface area contributed by atoms with Crippen molar-refractivity contribution < 1.29 is 9.59 Å². The highest BCUT2D eigenvalue weighted by molar-refractivity contribution is 9.10. The van der Waals surface area contributed by atoms with E-state index >= 15 is 0 Å². The predicted octanol–water partition coefficient (Wildman–Crippen LogP) is 2.67. The molecule has 6 heteroatoms. The average Bonchev–Trinajstić information content (AvgIpc) is 2.84. The van der Waals surface area contributed by atoms with Crippen molar-refractivity contribution in [3.05, 3.63) is 34.3 Å². The molecule has 1 aliphatic heterocycles. The van der Waals surface area contributed by atoms with Gasteiger partial charge in [0.25, 0.3) is 5.24 Å². The molecule has 0 radical (unpaired) electrons. The largest absolute Gasteiger partial charge is 0.356 e. The quantitative estimate of drug-likeness (QED) is 0.852. The lowest BCUT2D eigenvalue weighted by molar-refractivity contribution is -0.121. The summed E-state index contributed by atoms with van der Waals surface area (Å²) >= 11 is 4.81. The van der Waals surface area contributed by atoms with Crippen LogP contribution >= 0.6 is 27.7 Å². The first-order valence-corrected chi connectivity index (χ1v) is 8.36. The Morgan fingerprint density at radius 3 is 2.90 bits per heavy atom. The lowest BCUT2D eigenvalue weighted by Crippen LogP contribution is -2.31. The highest BCUT2D eigenvalue weighted by atomic mass is 79.9. The number of nitrogens with one attached hydrogen (secondary N) is 1. The topological polar surface area (TPSA) is 49.4 Å². The third kappa shape index (κ3) is 4.52. The van der Waals surface area contributed by atoms with Crippen LogP contribution in [0, 0.1) is 0 Å². The number of nitrogens with zero attached hydrogens (tertiary/aromatic N) is 1. The van der Waals surface area contributed by atoms with E-state index in [1.807, 2.05) is 24.3 Å². The Morgan fingerprint density at radius 1 is 1.40 bits per heavy atom. The Morgan fingerprint density at radius 2 is 2.20 bits per heavy atom. The van der Waals surface area contributed by atoms with Gasteiger partial charge in [-0.2, -0.15) is 0 Å². The maximum atomic E-state index is 11.7. The summed E-state index contributed by atoms with van der Waals surface area (Å²) in [5.41, 5.74) is 1.18. The van der Waals surface area contributed by atoms with Crippen LogP contribution in [0.4, 0.5) is 4.79 Å². The fourth-order valence-corrected chi connectivity index (χ4v) is 3.33. The van der Waals surface area contributed by atoms with Crippen molar-refractivity contribution in [2.24, 2.45) is 0 Å². The zero-order valence-corrected chi connectivity index (χ0v) is 13.5. The first-order chi connectivity index (χ1) is 9.66. The molecule has 0 aromatic heterocycles. The number of hydrogen-bond donors (Lipinski definition) is 1. The SMILES string of the molecule is O=C(CCN1CCSC1=O)NCCc1ccccc1Br. The van der Waals surface area contributed by atoms with E-state index in [0.29, 0.717) is 19.5 Å². The van der Waals surface area contributed by atoms with Crippen molar-refractivity contribution in [3.8, 4) is 0 Å². The second-order valence-corrected chi connectivity index (χ2v) is 6.44. The van der Waals surface area contributed by atoms with Crippen molar-refractivity contribution in [1.29, 1.82) is 0 Å². The molecule has 2 amide bonds. The monoisotopic (exact) mass is 356 g/mol. The standard InChI is InChI=1S/C14H17BrN2O2S/c15-12-4-2-1-3-11(12)5-7-16-13(18)6-8-17-9-10-20-14(17)19/h1-4H,5-10H2,(H,16,18). The lowest BCUT2D eigenvalue weighted by Gasteiger charge is -2.14. The van der Waals surface area contributed by atoms with Crippen LogP contribution < -0.4 is 5.32 Å². The van der Waals surface area contributed by atoms with E-state index in [-0.39, 0.29) is 11.1 Å². The fourth-order valence-electron chi connectivity index (χ4n) is 1.99. The van der Waals surface area contributed by atoms with Gasteiger partial charge in [-0.05, 0) is 18.1 Å². The predicted molar refractivity (Wildman–Crippen MR) is 84.9 cm³/mol. The van der Waals surface area contributed by atoms with Gasteiger partial charge in [-0.15, -0.1) is 0 Å². The second kappa shape index (κ2) is 7.69. The number of benzene rings is 1. The number of halogens is 1. The molecule has 1 aromatic carbocycles. The van der Waals surface area contributed by atoms with Gasteiger partial charge in [-0.25, -0.2) is 0 Å². The number of carbonyl (C=O) groups excluding carboxylic acids is 2. The lowest BCUT2D eigenvalue weighted by atomic mass is 10.1. The molecule has 20 heavy (non-hydrogen) atoms. The van der Waals surface area contributed by atoms with Crippen molar-refractivity contribution in [2.45, 2.75) is 12.8 Å². The summed E-state index contributed by atoms with van der Waals surface area (Å²) in [7, 11) is 0. The zero-order chi connectivity index (χ0) is 14.4. The van der Waals surface area contributed by atoms with Gasteiger partial charge in [-0.3, -0.25) is 9.59 Å². The molecule has 1 heterocycles. The van der Waals surface area contributed by atoms with E-state index < -0.39 is 0 Å². The van der Waals surface area contributed by atoms with Crippen LogP contribution in [0.5, 0.6) is 0 Å². The van der Waals surface area contributed by atoms with E-state index in [1.165, 1.54) is 17.3 Å². The second-order valence-electron chi connectivity index (χ2n) is 4.54. The Balaban J connectivity index is 1.65. The molecule has 1 fully saturated rings. The van der Waals surface area contributed by atoms with Crippen molar-refractivity contribution >= 4 is 38.8 Å². The van der Waals surface area contributed by atoms with Crippen molar-refractivity contribution in [3.63, 3.8) is 0 Å². The van der Waals surface area contributed by atoms with Gasteiger partial charge < -0.3 is 10.2 Å². The number of rotatable bonds is 6. The van der Waals surface area contributed by atoms with E-state index in [1.54, 1.807) is 4.90 Å². The van der Waals surface area contributed by atoms with Gasteiger partial charge in [-0.1, -0.05) is 45.9 Å². The molecular weight excluding hydrogens is 340 g/mol. The molecule has 0 unspecified atom stereocenters. The Hall–Kier alpha value is -1.01. The van der Waals surface area contributed by atoms with E-state index in [4.69, 9.17) is 0 Å². The van der Waals surface area contributed by atoms with Gasteiger partial charge in [0, 0.05) is 36.3 Å². The molecule has 1 saturated heterocycles. The molecule has 0 aliphatic carbocycles. The maximum Gasteiger partial charge on any atom is 0.281 e. The van der Waals surface area contributed by atoms with Gasteiger partial charge >= 0.3 is 0 Å². The summed E-state index contributed by atoms with van der Waals surface area (Å²) in [6.45, 7) is 1.89. The number of hydrogen-bond acceptors (Lipinski definition) is 3. The fraction of sp³-hybridized carbons (Fsp3) is 0.429. The Bertz CT molecular complexity index is 496. The minimum atomic E-state index is 0.00162. The van der Waals surface area contributed by atoms with Gasteiger partial charge in [0.2, 0.25) is 5.91 Å². The maximum absolute atomic E-state index is 11.7. The zero-order valence-electron chi connectivity index (χ0n) is 11.1. The van der Waals surface area contributed by atoms with Crippen LogP contribution in [0.3, 0.4) is 0 Å². The number of amides is 2. The molecular formula is C14H17BrN2O2S. The summed E-state index contributed by atoms with van der Waals surface area (Å²) < 4.78 is 1.06. The summed E-state index contributed by atoms with van der Waals surface area (Å²) in [5.74, 6) is 0.837. The first kappa shape index (κ1) is 15.4. The smallest absolute Gasteiger partial charge is 0.281 e. The third-order valence-corrected chi connectivity index (χ3v) is 4.79. The molecule has 0 saturated carbocycles. The third-order valence-electron chi connectivity index (χ3n) is 3.13. The first-order valence-electron chi connectivity index (χ1n) is 6.58. The Labute approximate surface area is 131 Å². The molecule has 1 aliphatic rings. The summed E-state index contributed by atoms with van der Waals surface area (Å²) in [6, 6.07) is 7.99. The molecule has 4 nitrogen and oxygen atoms in total. The van der Waals surface area contributed by atoms with E-state index in [2.05, 4.69) is 21.2 Å². The summed E-state index contributed by atoms with van der Waals surface area (Å²) in [5, 5.41) is 2.98. The van der Waals surface area contributed by atoms with Crippen molar-refractivity contribution in [1.82, 2.24) is 10.2 Å². The minimum Gasteiger partial charge on any atom is -0.356 e. The normalized spacial score (nSPS) is 14.7. The molecule has 1 aromatic rings. The average molecular weight is 357 g/mol. The van der Waals surface area contributed by atoms with Crippen LogP contribution in [0.1, 0.15) is 12.0 Å². The number of thioether (sulfide) groups is 1. The number of carbonyl (C=O) groups is 2. The van der Waals surface area contributed by atoms with Crippen LogP contribution in [0.25, 0.3) is 0 Å². The molecule has 1 N–H and O–H groups in total. The summed E-state index contributed by atoms with van der Waals surface area (Å²) in [6.07, 6.45) is 1.17. The van der Waals surface area contributed by atoms with E-state index in [9.17, 15) is 9.59 Å². The van der Waals surface area contributed by atoms with Gasteiger partial charge in [0.15, 0.2) is 0 Å². The molecule has 0 atom stereocenters. The molecule has 2 rings (SSSR count). The van der Waals surface area contributed by atoms with Crippen molar-refractivity contribution in [2.75, 3.05) is 25.4 Å². The van der Waals surface area contributed by atoms with Gasteiger partial charge in [0.1, 0.15) is 0 Å². The molecule has 0 bridgehead atoms. The Kier molecular flexibility index (Phi) is 5.91. The summed E-state index contributed by atoms with van der Waals surface area (Å²) in [4.78, 5) is 24.8. The molecule has 0 spiro atoms. The highest BCUT2D eigenvalue weighted by Gasteiger charge is 2.21. The molecule has 108 valence electrons. The van der Waals surface area contributed by atoms with Crippen LogP contribution in [-0.4, -0.2) is 41.4 Å². The van der Waals surface area contributed by atoms with Crippen LogP contribution in [0.2, 0.25) is 0 Å². The van der Waals surface area contributed by atoms with Gasteiger partial charge in [0.05, 0.1) is 0 Å². The minimum absolute atomic E-state index is 0.00162. The van der Waals surface area contributed by atoms with Crippen LogP contribution in [0.15, 0.2) is 28.7 Å².